The molecule has 0 aliphatic heterocycles. The number of benzene rings is 1. The molecule has 110 valence electrons. The van der Waals surface area contributed by atoms with E-state index in [1.807, 2.05) is 6.92 Å². The van der Waals surface area contributed by atoms with E-state index in [2.05, 4.69) is 36.5 Å². The van der Waals surface area contributed by atoms with Crippen LogP contribution in [0.3, 0.4) is 0 Å². The Morgan fingerprint density at radius 3 is 2.60 bits per heavy atom. The third kappa shape index (κ3) is 3.01. The predicted molar refractivity (Wildman–Crippen MR) is 82.9 cm³/mol. The zero-order chi connectivity index (χ0) is 13.9. The summed E-state index contributed by atoms with van der Waals surface area (Å²) < 4.78 is 5.48. The van der Waals surface area contributed by atoms with Gasteiger partial charge in [-0.25, -0.2) is 0 Å². The van der Waals surface area contributed by atoms with E-state index in [4.69, 9.17) is 4.74 Å². The van der Waals surface area contributed by atoms with Crippen molar-refractivity contribution in [2.45, 2.75) is 52.1 Å². The lowest BCUT2D eigenvalue weighted by Crippen LogP contribution is -2.35. The minimum atomic E-state index is 0.650. The number of hydrogen-bond acceptors (Lipinski definition) is 2. The van der Waals surface area contributed by atoms with Gasteiger partial charge < -0.3 is 10.1 Å². The monoisotopic (exact) mass is 273 g/mol. The van der Waals surface area contributed by atoms with Gasteiger partial charge >= 0.3 is 0 Å². The maximum absolute atomic E-state index is 5.48. The molecule has 20 heavy (non-hydrogen) atoms. The molecule has 2 bridgehead atoms. The van der Waals surface area contributed by atoms with Gasteiger partial charge in [0.05, 0.1) is 6.61 Å². The number of hydrogen-bond donors (Lipinski definition) is 1. The second-order valence-corrected chi connectivity index (χ2v) is 6.59. The fourth-order valence-corrected chi connectivity index (χ4v) is 4.21. The molecule has 2 fully saturated rings. The summed E-state index contributed by atoms with van der Waals surface area (Å²) in [5.41, 5.74) is 1.35. The van der Waals surface area contributed by atoms with Gasteiger partial charge in [-0.05, 0) is 68.6 Å². The van der Waals surface area contributed by atoms with E-state index in [0.717, 1.165) is 36.7 Å². The normalized spacial score (nSPS) is 29.6. The number of nitrogens with one attached hydrogen (secondary N) is 1. The van der Waals surface area contributed by atoms with Gasteiger partial charge in [0, 0.05) is 12.6 Å². The van der Waals surface area contributed by atoms with Crippen LogP contribution in [0, 0.1) is 17.8 Å². The van der Waals surface area contributed by atoms with E-state index in [0.29, 0.717) is 6.04 Å². The Morgan fingerprint density at radius 2 is 2.00 bits per heavy atom. The van der Waals surface area contributed by atoms with Gasteiger partial charge in [0.15, 0.2) is 0 Å². The van der Waals surface area contributed by atoms with Gasteiger partial charge in [0.2, 0.25) is 0 Å². The molecule has 2 nitrogen and oxygen atoms in total. The highest BCUT2D eigenvalue weighted by Gasteiger charge is 2.41. The summed E-state index contributed by atoms with van der Waals surface area (Å²) in [7, 11) is 0. The topological polar surface area (TPSA) is 21.3 Å². The highest BCUT2D eigenvalue weighted by molar-refractivity contribution is 5.27. The zero-order valence-corrected chi connectivity index (χ0v) is 12.8. The van der Waals surface area contributed by atoms with Crippen molar-refractivity contribution in [1.82, 2.24) is 5.32 Å². The van der Waals surface area contributed by atoms with Crippen molar-refractivity contribution >= 4 is 0 Å². The Bertz CT molecular complexity index is 428. The lowest BCUT2D eigenvalue weighted by Gasteiger charge is -2.28. The van der Waals surface area contributed by atoms with Crippen LogP contribution in [0.4, 0.5) is 0 Å². The second-order valence-electron chi connectivity index (χ2n) is 6.59. The summed E-state index contributed by atoms with van der Waals surface area (Å²) in [5.74, 6) is 3.93. The minimum Gasteiger partial charge on any atom is -0.494 e. The van der Waals surface area contributed by atoms with E-state index in [1.54, 1.807) is 0 Å². The lowest BCUT2D eigenvalue weighted by molar-refractivity contribution is 0.259. The summed E-state index contributed by atoms with van der Waals surface area (Å²) in [6, 6.07) is 9.14. The van der Waals surface area contributed by atoms with Crippen molar-refractivity contribution in [1.29, 1.82) is 0 Å². The van der Waals surface area contributed by atoms with Crippen LogP contribution in [0.15, 0.2) is 24.3 Å². The third-order valence-electron chi connectivity index (χ3n) is 5.30. The molecule has 2 aliphatic rings. The Morgan fingerprint density at radius 1 is 1.20 bits per heavy atom. The maximum atomic E-state index is 5.48. The van der Waals surface area contributed by atoms with Crippen molar-refractivity contribution in [3.8, 4) is 5.75 Å². The van der Waals surface area contributed by atoms with E-state index >= 15 is 0 Å². The lowest BCUT2D eigenvalue weighted by atomic mass is 9.84. The van der Waals surface area contributed by atoms with Crippen molar-refractivity contribution in [2.75, 3.05) is 6.61 Å². The molecule has 4 unspecified atom stereocenters. The molecule has 0 aromatic heterocycles. The summed E-state index contributed by atoms with van der Waals surface area (Å²) in [4.78, 5) is 0. The molecule has 2 aliphatic carbocycles. The van der Waals surface area contributed by atoms with Crippen LogP contribution in [0.5, 0.6) is 5.75 Å². The molecule has 3 rings (SSSR count). The molecule has 2 heteroatoms. The predicted octanol–water partition coefficient (Wildman–Crippen LogP) is 4.00. The average molecular weight is 273 g/mol. The van der Waals surface area contributed by atoms with E-state index in [1.165, 1.54) is 31.2 Å². The summed E-state index contributed by atoms with van der Waals surface area (Å²) in [6.45, 7) is 6.10. The first-order chi connectivity index (χ1) is 9.76. The van der Waals surface area contributed by atoms with Gasteiger partial charge in [-0.3, -0.25) is 0 Å². The van der Waals surface area contributed by atoms with Crippen molar-refractivity contribution in [2.24, 2.45) is 17.8 Å². The van der Waals surface area contributed by atoms with Crippen LogP contribution in [-0.2, 0) is 6.54 Å². The van der Waals surface area contributed by atoms with E-state index < -0.39 is 0 Å². The number of fused-ring (bicyclic) bond motifs is 2. The highest BCUT2D eigenvalue weighted by Crippen LogP contribution is 2.49. The first-order valence-corrected chi connectivity index (χ1v) is 8.21. The summed E-state index contributed by atoms with van der Waals surface area (Å²) >= 11 is 0. The third-order valence-corrected chi connectivity index (χ3v) is 5.30. The summed E-state index contributed by atoms with van der Waals surface area (Å²) in [6.07, 6.45) is 5.93. The maximum Gasteiger partial charge on any atom is 0.119 e. The molecular weight excluding hydrogens is 246 g/mol. The second kappa shape index (κ2) is 6.17. The van der Waals surface area contributed by atoms with Crippen molar-refractivity contribution in [3.63, 3.8) is 0 Å². The van der Waals surface area contributed by atoms with Crippen LogP contribution in [0.25, 0.3) is 0 Å². The van der Waals surface area contributed by atoms with Crippen LogP contribution in [0.2, 0.25) is 0 Å². The molecule has 4 atom stereocenters. The van der Waals surface area contributed by atoms with E-state index in [9.17, 15) is 0 Å². The molecule has 0 amide bonds. The van der Waals surface area contributed by atoms with E-state index in [-0.39, 0.29) is 0 Å². The van der Waals surface area contributed by atoms with Crippen LogP contribution in [-0.4, -0.2) is 12.6 Å². The zero-order valence-electron chi connectivity index (χ0n) is 12.8. The minimum absolute atomic E-state index is 0.650. The average Bonchev–Trinajstić information content (AvgIpc) is 3.09. The van der Waals surface area contributed by atoms with Gasteiger partial charge in [0.1, 0.15) is 5.75 Å². The molecule has 0 saturated heterocycles. The van der Waals surface area contributed by atoms with Gasteiger partial charge in [-0.1, -0.05) is 18.6 Å². The Kier molecular flexibility index (Phi) is 4.30. The smallest absolute Gasteiger partial charge is 0.119 e. The SMILES string of the molecule is CCOc1ccc(CNC(C)C2CC3CCC2C3)cc1. The largest absolute Gasteiger partial charge is 0.494 e. The quantitative estimate of drug-likeness (QED) is 0.846. The fourth-order valence-electron chi connectivity index (χ4n) is 4.21. The molecule has 0 spiro atoms. The molecular formula is C18H27NO. The first kappa shape index (κ1) is 13.9. The molecule has 1 N–H and O–H groups in total. The molecule has 0 radical (unpaired) electrons. The fraction of sp³-hybridized carbons (Fsp3) is 0.667. The molecule has 0 heterocycles. The van der Waals surface area contributed by atoms with Crippen LogP contribution >= 0.6 is 0 Å². The summed E-state index contributed by atoms with van der Waals surface area (Å²) in [5, 5.41) is 3.74. The Labute approximate surface area is 122 Å². The first-order valence-electron chi connectivity index (χ1n) is 8.21. The number of rotatable bonds is 6. The van der Waals surface area contributed by atoms with Crippen LogP contribution in [0.1, 0.15) is 45.1 Å². The highest BCUT2D eigenvalue weighted by atomic mass is 16.5. The molecule has 1 aromatic carbocycles. The Balaban J connectivity index is 1.49. The van der Waals surface area contributed by atoms with Gasteiger partial charge in [-0.15, -0.1) is 0 Å². The number of ether oxygens (including phenoxy) is 1. The standard InChI is InChI=1S/C18H27NO/c1-3-20-17-8-5-14(6-9-17)12-19-13(2)18-11-15-4-7-16(18)10-15/h5-6,8-9,13,15-16,18-19H,3-4,7,10-12H2,1-2H3. The van der Waals surface area contributed by atoms with Crippen molar-refractivity contribution in [3.05, 3.63) is 29.8 Å². The van der Waals surface area contributed by atoms with Crippen molar-refractivity contribution < 1.29 is 4.74 Å². The molecule has 1 aromatic rings. The van der Waals surface area contributed by atoms with Crippen LogP contribution < -0.4 is 10.1 Å². The molecule has 2 saturated carbocycles. The van der Waals surface area contributed by atoms with Gasteiger partial charge in [0.25, 0.3) is 0 Å². The Hall–Kier alpha value is -1.02. The van der Waals surface area contributed by atoms with Gasteiger partial charge in [-0.2, -0.15) is 0 Å².